The molecule has 1 aromatic heterocycles. The highest BCUT2D eigenvalue weighted by molar-refractivity contribution is 5.90. The number of H-pyrrole nitrogens is 1. The van der Waals surface area contributed by atoms with Gasteiger partial charge >= 0.3 is 0 Å². The molecule has 2 aliphatic rings. The lowest BCUT2D eigenvalue weighted by molar-refractivity contribution is -0.147. The zero-order valence-corrected chi connectivity index (χ0v) is 14.2. The Bertz CT molecular complexity index is 594. The predicted octanol–water partition coefficient (Wildman–Crippen LogP) is 1.56. The number of nitrogens with two attached hydrogens (primary N) is 1. The normalized spacial score (nSPS) is 23.4. The third kappa shape index (κ3) is 3.77. The number of amides is 2. The van der Waals surface area contributed by atoms with Gasteiger partial charge in [-0.15, -0.1) is 0 Å². The average Bonchev–Trinajstić information content (AvgIpc) is 3.25. The molecule has 0 bridgehead atoms. The number of aromatic amines is 1. The van der Waals surface area contributed by atoms with Gasteiger partial charge in [-0.05, 0) is 38.7 Å². The molecular weight excluding hydrogens is 308 g/mol. The van der Waals surface area contributed by atoms with E-state index in [0.29, 0.717) is 6.54 Å². The van der Waals surface area contributed by atoms with E-state index in [-0.39, 0.29) is 23.6 Å². The zero-order chi connectivity index (χ0) is 17.1. The van der Waals surface area contributed by atoms with Crippen molar-refractivity contribution in [3.05, 3.63) is 17.5 Å². The molecule has 3 N–H and O–H groups in total. The minimum absolute atomic E-state index is 0.0567. The van der Waals surface area contributed by atoms with E-state index in [9.17, 15) is 9.59 Å². The first-order valence-corrected chi connectivity index (χ1v) is 8.84. The number of carbonyl (C=O) groups excluding carboxylic acids is 2. The van der Waals surface area contributed by atoms with Crippen LogP contribution in [0.4, 0.5) is 0 Å². The summed E-state index contributed by atoms with van der Waals surface area (Å²) in [5.41, 5.74) is 6.36. The largest absolute Gasteiger partial charge is 0.365 e. The maximum atomic E-state index is 12.7. The molecular formula is C17H26N4O3. The summed E-state index contributed by atoms with van der Waals surface area (Å²) in [4.78, 5) is 25.7. The maximum absolute atomic E-state index is 12.7. The van der Waals surface area contributed by atoms with Gasteiger partial charge in [0.15, 0.2) is 0 Å². The van der Waals surface area contributed by atoms with Crippen molar-refractivity contribution >= 4 is 11.8 Å². The molecule has 1 aliphatic carbocycles. The summed E-state index contributed by atoms with van der Waals surface area (Å²) in [5.74, 6) is -0.331. The van der Waals surface area contributed by atoms with Crippen molar-refractivity contribution in [3.63, 3.8) is 0 Å². The lowest BCUT2D eigenvalue weighted by Gasteiger charge is -2.34. The van der Waals surface area contributed by atoms with Crippen LogP contribution in [-0.2, 0) is 9.53 Å². The number of carbonyl (C=O) groups is 2. The van der Waals surface area contributed by atoms with Crippen LogP contribution in [0.5, 0.6) is 0 Å². The molecule has 2 heterocycles. The number of likely N-dealkylation sites (tertiary alicyclic amines) is 1. The number of nitrogens with one attached hydrogen (secondary N) is 1. The Balaban J connectivity index is 1.59. The number of piperidine rings is 1. The third-order valence-corrected chi connectivity index (χ3v) is 5.07. The molecule has 1 saturated heterocycles. The molecule has 2 amide bonds. The van der Waals surface area contributed by atoms with Gasteiger partial charge in [0.2, 0.25) is 0 Å². The summed E-state index contributed by atoms with van der Waals surface area (Å²) in [5, 5.41) is 6.82. The predicted molar refractivity (Wildman–Crippen MR) is 88.5 cm³/mol. The van der Waals surface area contributed by atoms with Crippen molar-refractivity contribution in [2.24, 2.45) is 5.73 Å². The summed E-state index contributed by atoms with van der Waals surface area (Å²) >= 11 is 0. The topological polar surface area (TPSA) is 101 Å². The van der Waals surface area contributed by atoms with Crippen molar-refractivity contribution in [2.75, 3.05) is 13.1 Å². The van der Waals surface area contributed by atoms with Crippen LogP contribution in [-0.4, -0.2) is 52.2 Å². The van der Waals surface area contributed by atoms with E-state index < -0.39 is 12.0 Å². The van der Waals surface area contributed by atoms with Crippen molar-refractivity contribution in [2.45, 2.75) is 63.6 Å². The summed E-state index contributed by atoms with van der Waals surface area (Å²) in [6.07, 6.45) is 6.23. The molecule has 2 fully saturated rings. The Labute approximate surface area is 141 Å². The second-order valence-electron chi connectivity index (χ2n) is 6.88. The third-order valence-electron chi connectivity index (χ3n) is 5.07. The average molecular weight is 334 g/mol. The molecule has 2 atom stereocenters. The van der Waals surface area contributed by atoms with Crippen LogP contribution in [0.1, 0.15) is 67.5 Å². The highest BCUT2D eigenvalue weighted by Gasteiger charge is 2.30. The number of hydrogen-bond acceptors (Lipinski definition) is 4. The van der Waals surface area contributed by atoms with Gasteiger partial charge in [0.05, 0.1) is 6.10 Å². The molecule has 0 aromatic carbocycles. The molecule has 7 heteroatoms. The fourth-order valence-corrected chi connectivity index (χ4v) is 3.73. The van der Waals surface area contributed by atoms with E-state index in [1.165, 1.54) is 12.8 Å². The van der Waals surface area contributed by atoms with Gasteiger partial charge in [0.25, 0.3) is 11.8 Å². The van der Waals surface area contributed by atoms with Crippen molar-refractivity contribution < 1.29 is 14.3 Å². The lowest BCUT2D eigenvalue weighted by Crippen LogP contribution is -2.45. The van der Waals surface area contributed by atoms with Gasteiger partial charge in [-0.25, -0.2) is 0 Å². The number of ether oxygens (including phenoxy) is 1. The molecule has 2 unspecified atom stereocenters. The molecule has 7 nitrogen and oxygen atoms in total. The molecule has 0 radical (unpaired) electrons. The smallest absolute Gasteiger partial charge is 0.269 e. The fourth-order valence-electron chi connectivity index (χ4n) is 3.73. The van der Waals surface area contributed by atoms with Gasteiger partial charge in [-0.1, -0.05) is 12.8 Å². The second kappa shape index (κ2) is 7.34. The van der Waals surface area contributed by atoms with Gasteiger partial charge < -0.3 is 15.4 Å². The SMILES string of the molecule is CC(OC1CCCC1)C(=O)N1CCCC(c2cc(C(N)=O)n[nH]2)C1. The molecule has 1 aromatic rings. The van der Waals surface area contributed by atoms with Crippen LogP contribution in [0, 0.1) is 0 Å². The Hall–Kier alpha value is -1.89. The summed E-state index contributed by atoms with van der Waals surface area (Å²) < 4.78 is 5.93. The second-order valence-corrected chi connectivity index (χ2v) is 6.88. The van der Waals surface area contributed by atoms with E-state index in [1.54, 1.807) is 6.07 Å². The summed E-state index contributed by atoms with van der Waals surface area (Å²) in [6, 6.07) is 1.69. The molecule has 24 heavy (non-hydrogen) atoms. The van der Waals surface area contributed by atoms with E-state index in [4.69, 9.17) is 10.5 Å². The van der Waals surface area contributed by atoms with Crippen LogP contribution < -0.4 is 5.73 Å². The van der Waals surface area contributed by atoms with Crippen molar-refractivity contribution in [3.8, 4) is 0 Å². The first-order chi connectivity index (χ1) is 11.5. The van der Waals surface area contributed by atoms with Gasteiger partial charge in [0, 0.05) is 24.7 Å². The monoisotopic (exact) mass is 334 g/mol. The van der Waals surface area contributed by atoms with E-state index in [0.717, 1.165) is 37.9 Å². The highest BCUT2D eigenvalue weighted by atomic mass is 16.5. The Morgan fingerprint density at radius 3 is 2.75 bits per heavy atom. The fraction of sp³-hybridized carbons (Fsp3) is 0.706. The van der Waals surface area contributed by atoms with Crippen molar-refractivity contribution in [1.29, 1.82) is 0 Å². The molecule has 132 valence electrons. The summed E-state index contributed by atoms with van der Waals surface area (Å²) in [6.45, 7) is 3.23. The number of primary amides is 1. The Morgan fingerprint density at radius 2 is 2.08 bits per heavy atom. The summed E-state index contributed by atoms with van der Waals surface area (Å²) in [7, 11) is 0. The molecule has 1 aliphatic heterocycles. The number of nitrogens with zero attached hydrogens (tertiary/aromatic N) is 2. The highest BCUT2D eigenvalue weighted by Crippen LogP contribution is 2.27. The standard InChI is InChI=1S/C17H26N4O3/c1-11(24-13-6-2-3-7-13)17(23)21-8-4-5-12(10-21)14-9-15(16(18)22)20-19-14/h9,11-13H,2-8,10H2,1H3,(H2,18,22)(H,19,20). The van der Waals surface area contributed by atoms with Gasteiger partial charge in [-0.2, -0.15) is 5.10 Å². The van der Waals surface area contributed by atoms with Gasteiger partial charge in [-0.3, -0.25) is 14.7 Å². The maximum Gasteiger partial charge on any atom is 0.269 e. The Kier molecular flexibility index (Phi) is 5.18. The van der Waals surface area contributed by atoms with Crippen LogP contribution in [0.2, 0.25) is 0 Å². The first-order valence-electron chi connectivity index (χ1n) is 8.84. The molecule has 3 rings (SSSR count). The quantitative estimate of drug-likeness (QED) is 0.853. The van der Waals surface area contributed by atoms with E-state index >= 15 is 0 Å². The first kappa shape index (κ1) is 17.0. The Morgan fingerprint density at radius 1 is 1.33 bits per heavy atom. The number of aromatic nitrogens is 2. The van der Waals surface area contributed by atoms with Gasteiger partial charge in [0.1, 0.15) is 11.8 Å². The minimum Gasteiger partial charge on any atom is -0.365 e. The zero-order valence-electron chi connectivity index (χ0n) is 14.2. The van der Waals surface area contributed by atoms with Crippen LogP contribution in [0.25, 0.3) is 0 Å². The van der Waals surface area contributed by atoms with Crippen molar-refractivity contribution in [1.82, 2.24) is 15.1 Å². The van der Waals surface area contributed by atoms with Crippen LogP contribution in [0.15, 0.2) is 6.07 Å². The lowest BCUT2D eigenvalue weighted by atomic mass is 9.94. The number of rotatable bonds is 5. The number of hydrogen-bond donors (Lipinski definition) is 2. The molecule has 0 spiro atoms. The van der Waals surface area contributed by atoms with E-state index in [1.807, 2.05) is 11.8 Å². The van der Waals surface area contributed by atoms with Crippen LogP contribution >= 0.6 is 0 Å². The van der Waals surface area contributed by atoms with Crippen LogP contribution in [0.3, 0.4) is 0 Å². The van der Waals surface area contributed by atoms with E-state index in [2.05, 4.69) is 10.2 Å². The molecule has 1 saturated carbocycles. The minimum atomic E-state index is -0.542.